The molecule has 3 amide bonds. The maximum absolute atomic E-state index is 13.8. The Balaban J connectivity index is 1.61. The second kappa shape index (κ2) is 10.6. The molecule has 0 saturated carbocycles. The van der Waals surface area contributed by atoms with Gasteiger partial charge in [-0.15, -0.1) is 0 Å². The average molecular weight is 490 g/mol. The molecule has 4 rings (SSSR count). The van der Waals surface area contributed by atoms with Crippen molar-refractivity contribution in [2.24, 2.45) is 5.73 Å². The number of nitrogens with two attached hydrogens (primary N) is 1. The molecule has 1 aliphatic rings. The third kappa shape index (κ3) is 5.40. The van der Waals surface area contributed by atoms with E-state index in [1.54, 1.807) is 23.2 Å². The molecule has 1 aromatic heterocycles. The third-order valence-corrected chi connectivity index (χ3v) is 6.77. The number of carboxylic acid groups (broad SMARTS) is 1. The first kappa shape index (κ1) is 25.0. The molecule has 2 heterocycles. The number of aryl methyl sites for hydroxylation is 2. The number of primary amides is 1. The number of H-pyrrole nitrogens is 1. The maximum Gasteiger partial charge on any atom is 0.405 e. The predicted molar refractivity (Wildman–Crippen MR) is 135 cm³/mol. The zero-order valence-electron chi connectivity index (χ0n) is 20.5. The average Bonchev–Trinajstić information content (AvgIpc) is 3.35. The molecule has 36 heavy (non-hydrogen) atoms. The van der Waals surface area contributed by atoms with Crippen molar-refractivity contribution in [1.82, 2.24) is 20.2 Å². The monoisotopic (exact) mass is 489 g/mol. The number of rotatable bonds is 7. The van der Waals surface area contributed by atoms with E-state index < -0.39 is 18.0 Å². The Morgan fingerprint density at radius 3 is 2.50 bits per heavy atom. The van der Waals surface area contributed by atoms with Crippen molar-refractivity contribution in [3.63, 3.8) is 0 Å². The number of imidazole rings is 1. The highest BCUT2D eigenvalue weighted by Crippen LogP contribution is 2.32. The van der Waals surface area contributed by atoms with Crippen LogP contribution >= 0.6 is 0 Å². The molecule has 0 radical (unpaired) electrons. The fraction of sp³-hybridized carbons (Fsp3) is 0.333. The van der Waals surface area contributed by atoms with Crippen LogP contribution in [0.25, 0.3) is 11.3 Å². The summed E-state index contributed by atoms with van der Waals surface area (Å²) in [6, 6.07) is 11.9. The van der Waals surface area contributed by atoms with Gasteiger partial charge in [-0.1, -0.05) is 30.3 Å². The van der Waals surface area contributed by atoms with Gasteiger partial charge in [-0.2, -0.15) is 0 Å². The predicted octanol–water partition coefficient (Wildman–Crippen LogP) is 3.72. The molecule has 5 N–H and O–H groups in total. The number of hydrogen-bond donors (Lipinski definition) is 4. The van der Waals surface area contributed by atoms with Gasteiger partial charge >= 0.3 is 6.09 Å². The van der Waals surface area contributed by atoms with Crippen LogP contribution in [0.2, 0.25) is 0 Å². The number of carbonyl (C=O) groups excluding carboxylic acids is 2. The van der Waals surface area contributed by atoms with Crippen molar-refractivity contribution in [3.8, 4) is 11.3 Å². The minimum Gasteiger partial charge on any atom is -0.465 e. The SMILES string of the molecule is Cc1cc(C(N)=O)cc(C)c1CC(NC(=O)O)C(=O)N1CCCCC1c1ncc(-c2ccccc2)[nH]1. The topological polar surface area (TPSA) is 141 Å². The largest absolute Gasteiger partial charge is 0.465 e. The van der Waals surface area contributed by atoms with Gasteiger partial charge in [-0.05, 0) is 67.5 Å². The summed E-state index contributed by atoms with van der Waals surface area (Å²) in [5, 5.41) is 11.9. The Kier molecular flexibility index (Phi) is 7.38. The quantitative estimate of drug-likeness (QED) is 0.400. The van der Waals surface area contributed by atoms with Crippen LogP contribution in [0.3, 0.4) is 0 Å². The summed E-state index contributed by atoms with van der Waals surface area (Å²) in [6.07, 6.45) is 3.17. The summed E-state index contributed by atoms with van der Waals surface area (Å²) in [5.74, 6) is -0.139. The number of nitrogens with zero attached hydrogens (tertiary/aromatic N) is 2. The first-order valence-corrected chi connectivity index (χ1v) is 12.0. The van der Waals surface area contributed by atoms with Crippen molar-refractivity contribution in [1.29, 1.82) is 0 Å². The third-order valence-electron chi connectivity index (χ3n) is 6.77. The smallest absolute Gasteiger partial charge is 0.405 e. The van der Waals surface area contributed by atoms with Crippen LogP contribution in [0.5, 0.6) is 0 Å². The van der Waals surface area contributed by atoms with Crippen LogP contribution in [0.4, 0.5) is 4.79 Å². The lowest BCUT2D eigenvalue weighted by Gasteiger charge is -2.37. The van der Waals surface area contributed by atoms with E-state index in [4.69, 9.17) is 5.73 Å². The zero-order valence-corrected chi connectivity index (χ0v) is 20.5. The van der Waals surface area contributed by atoms with Crippen molar-refractivity contribution < 1.29 is 19.5 Å². The summed E-state index contributed by atoms with van der Waals surface area (Å²) in [7, 11) is 0. The molecule has 1 saturated heterocycles. The summed E-state index contributed by atoms with van der Waals surface area (Å²) in [5.41, 5.74) is 10.0. The number of amides is 3. The molecule has 2 atom stereocenters. The molecule has 3 aromatic rings. The maximum atomic E-state index is 13.8. The molecule has 0 spiro atoms. The van der Waals surface area contributed by atoms with E-state index in [9.17, 15) is 19.5 Å². The van der Waals surface area contributed by atoms with Gasteiger partial charge < -0.3 is 26.0 Å². The number of carbonyl (C=O) groups is 3. The Morgan fingerprint density at radius 2 is 1.86 bits per heavy atom. The van der Waals surface area contributed by atoms with Crippen LogP contribution in [-0.2, 0) is 11.2 Å². The fourth-order valence-electron chi connectivity index (χ4n) is 4.96. The van der Waals surface area contributed by atoms with Gasteiger partial charge in [0.25, 0.3) is 0 Å². The Hall–Kier alpha value is -4.14. The normalized spacial score (nSPS) is 16.4. The molecule has 9 heteroatoms. The summed E-state index contributed by atoms with van der Waals surface area (Å²) in [4.78, 5) is 46.7. The molecule has 1 fully saturated rings. The molecule has 2 unspecified atom stereocenters. The lowest BCUT2D eigenvalue weighted by atomic mass is 9.92. The zero-order chi connectivity index (χ0) is 25.8. The van der Waals surface area contributed by atoms with Crippen LogP contribution < -0.4 is 11.1 Å². The number of benzene rings is 2. The second-order valence-electron chi connectivity index (χ2n) is 9.25. The minimum atomic E-state index is -1.27. The highest BCUT2D eigenvalue weighted by molar-refractivity contribution is 5.93. The van der Waals surface area contributed by atoms with E-state index >= 15 is 0 Å². The van der Waals surface area contributed by atoms with Gasteiger partial charge in [0.2, 0.25) is 11.8 Å². The lowest BCUT2D eigenvalue weighted by Crippen LogP contribution is -2.51. The highest BCUT2D eigenvalue weighted by atomic mass is 16.4. The molecule has 2 aromatic carbocycles. The van der Waals surface area contributed by atoms with E-state index in [0.29, 0.717) is 17.9 Å². The van der Waals surface area contributed by atoms with Crippen LogP contribution in [0.15, 0.2) is 48.7 Å². The van der Waals surface area contributed by atoms with Crippen molar-refractivity contribution in [3.05, 3.63) is 76.7 Å². The van der Waals surface area contributed by atoms with E-state index in [-0.39, 0.29) is 18.4 Å². The van der Waals surface area contributed by atoms with E-state index in [2.05, 4.69) is 15.3 Å². The molecule has 1 aliphatic heterocycles. The number of piperidine rings is 1. The summed E-state index contributed by atoms with van der Waals surface area (Å²) in [6.45, 7) is 4.17. The van der Waals surface area contributed by atoms with Gasteiger partial charge in [0, 0.05) is 18.5 Å². The Morgan fingerprint density at radius 1 is 1.17 bits per heavy atom. The first-order chi connectivity index (χ1) is 17.2. The van der Waals surface area contributed by atoms with Gasteiger partial charge in [-0.25, -0.2) is 9.78 Å². The van der Waals surface area contributed by atoms with Crippen molar-refractivity contribution in [2.45, 2.75) is 51.6 Å². The summed E-state index contributed by atoms with van der Waals surface area (Å²) < 4.78 is 0. The number of likely N-dealkylation sites (tertiary alicyclic amines) is 1. The first-order valence-electron chi connectivity index (χ1n) is 12.0. The van der Waals surface area contributed by atoms with Gasteiger partial charge in [0.15, 0.2) is 0 Å². The Bertz CT molecular complexity index is 1250. The molecule has 0 bridgehead atoms. The van der Waals surface area contributed by atoms with Gasteiger partial charge in [0.05, 0.1) is 17.9 Å². The number of hydrogen-bond acceptors (Lipinski definition) is 4. The highest BCUT2D eigenvalue weighted by Gasteiger charge is 2.35. The molecular formula is C27H31N5O4. The number of aromatic amines is 1. The van der Waals surface area contributed by atoms with E-state index in [1.807, 2.05) is 44.2 Å². The minimum absolute atomic E-state index is 0.165. The number of nitrogens with one attached hydrogen (secondary N) is 2. The van der Waals surface area contributed by atoms with Crippen molar-refractivity contribution in [2.75, 3.05) is 6.54 Å². The van der Waals surface area contributed by atoms with Crippen LogP contribution in [0, 0.1) is 13.8 Å². The molecule has 9 nitrogen and oxygen atoms in total. The fourth-order valence-corrected chi connectivity index (χ4v) is 4.96. The second-order valence-corrected chi connectivity index (χ2v) is 9.25. The van der Waals surface area contributed by atoms with Gasteiger partial charge in [0.1, 0.15) is 11.9 Å². The summed E-state index contributed by atoms with van der Waals surface area (Å²) >= 11 is 0. The molecule has 0 aliphatic carbocycles. The number of aromatic nitrogens is 2. The van der Waals surface area contributed by atoms with E-state index in [1.165, 1.54) is 0 Å². The lowest BCUT2D eigenvalue weighted by molar-refractivity contribution is -0.137. The van der Waals surface area contributed by atoms with Crippen LogP contribution in [0.1, 0.15) is 58.2 Å². The molecule has 188 valence electrons. The molecular weight excluding hydrogens is 458 g/mol. The van der Waals surface area contributed by atoms with E-state index in [0.717, 1.165) is 47.2 Å². The van der Waals surface area contributed by atoms with Crippen molar-refractivity contribution >= 4 is 17.9 Å². The standard InChI is InChI=1S/C27H31N5O4/c1-16-12-19(24(28)33)13-17(2)20(16)14-21(31-27(35)36)26(34)32-11-7-6-10-23(32)25-29-15-22(30-25)18-8-4-3-5-9-18/h3-5,8-9,12-13,15,21,23,31H,6-7,10-11,14H2,1-2H3,(H2,28,33)(H,29,30)(H,35,36). The van der Waals surface area contributed by atoms with Crippen LogP contribution in [-0.4, -0.2) is 50.5 Å². The van der Waals surface area contributed by atoms with Gasteiger partial charge in [-0.3, -0.25) is 9.59 Å². The Labute approximate surface area is 209 Å².